The summed E-state index contributed by atoms with van der Waals surface area (Å²) >= 11 is 0. The van der Waals surface area contributed by atoms with Crippen LogP contribution in [0.5, 0.6) is 11.5 Å². The second kappa shape index (κ2) is 13.5. The maximum Gasteiger partial charge on any atom is 0.164 e. The molecule has 0 aliphatic carbocycles. The Bertz CT molecular complexity index is 2030. The van der Waals surface area contributed by atoms with Crippen molar-refractivity contribution in [3.8, 4) is 79.8 Å². The van der Waals surface area contributed by atoms with E-state index in [4.69, 9.17) is 34.6 Å². The number of hydrogen-bond acceptors (Lipinski definition) is 7. The standard InChI is InChI=1S/C42H28N6O/c1-5-13-29(14-6-1)37-43-38(30-15-7-2-8-16-30)46-41(45-37)33-21-25-35(26-22-33)49-36-27-23-34(24-28-36)42-47-39(31-17-9-3-10-18-31)44-40(48-42)32-19-11-4-12-20-32/h1-28H. The predicted octanol–water partition coefficient (Wildman–Crippen LogP) is 9.85. The molecule has 0 saturated carbocycles. The molecule has 0 atom stereocenters. The first-order valence-electron chi connectivity index (χ1n) is 15.9. The van der Waals surface area contributed by atoms with Gasteiger partial charge in [0.15, 0.2) is 34.9 Å². The molecule has 49 heavy (non-hydrogen) atoms. The smallest absolute Gasteiger partial charge is 0.164 e. The minimum Gasteiger partial charge on any atom is -0.457 e. The number of ether oxygens (including phenoxy) is 1. The summed E-state index contributed by atoms with van der Waals surface area (Å²) < 4.78 is 6.23. The molecule has 0 spiro atoms. The van der Waals surface area contributed by atoms with Gasteiger partial charge in [-0.25, -0.2) is 29.9 Å². The van der Waals surface area contributed by atoms with Crippen LogP contribution in [0.25, 0.3) is 68.3 Å². The second-order valence-electron chi connectivity index (χ2n) is 11.2. The Morgan fingerprint density at radius 2 is 0.429 bits per heavy atom. The van der Waals surface area contributed by atoms with E-state index in [1.807, 2.05) is 170 Å². The molecule has 8 aromatic rings. The lowest BCUT2D eigenvalue weighted by atomic mass is 10.1. The second-order valence-corrected chi connectivity index (χ2v) is 11.2. The van der Waals surface area contributed by atoms with Gasteiger partial charge in [-0.3, -0.25) is 0 Å². The molecule has 232 valence electrons. The van der Waals surface area contributed by atoms with Gasteiger partial charge in [0, 0.05) is 33.4 Å². The number of nitrogens with zero attached hydrogens (tertiary/aromatic N) is 6. The van der Waals surface area contributed by atoms with Crippen LogP contribution in [-0.4, -0.2) is 29.9 Å². The molecule has 2 aromatic heterocycles. The summed E-state index contributed by atoms with van der Waals surface area (Å²) in [6.45, 7) is 0. The number of rotatable bonds is 8. The fourth-order valence-corrected chi connectivity index (χ4v) is 5.36. The maximum absolute atomic E-state index is 6.23. The van der Waals surface area contributed by atoms with Crippen LogP contribution in [0.1, 0.15) is 0 Å². The molecular weight excluding hydrogens is 605 g/mol. The minimum atomic E-state index is 0.589. The van der Waals surface area contributed by atoms with Gasteiger partial charge in [-0.2, -0.15) is 0 Å². The van der Waals surface area contributed by atoms with Crippen LogP contribution in [0.4, 0.5) is 0 Å². The van der Waals surface area contributed by atoms with Gasteiger partial charge in [0.05, 0.1) is 0 Å². The summed E-state index contributed by atoms with van der Waals surface area (Å²) in [5, 5.41) is 0. The molecule has 8 rings (SSSR count). The van der Waals surface area contributed by atoms with Crippen molar-refractivity contribution in [2.75, 3.05) is 0 Å². The van der Waals surface area contributed by atoms with Gasteiger partial charge in [0.2, 0.25) is 0 Å². The van der Waals surface area contributed by atoms with E-state index in [-0.39, 0.29) is 0 Å². The highest BCUT2D eigenvalue weighted by Gasteiger charge is 2.14. The molecule has 0 amide bonds. The Labute approximate surface area is 283 Å². The summed E-state index contributed by atoms with van der Waals surface area (Å²) in [6.07, 6.45) is 0. The molecule has 0 radical (unpaired) electrons. The fraction of sp³-hybridized carbons (Fsp3) is 0. The predicted molar refractivity (Wildman–Crippen MR) is 192 cm³/mol. The molecule has 7 nitrogen and oxygen atoms in total. The summed E-state index contributed by atoms with van der Waals surface area (Å²) in [5.74, 6) is 5.04. The third-order valence-electron chi connectivity index (χ3n) is 7.86. The van der Waals surface area contributed by atoms with Crippen molar-refractivity contribution in [1.29, 1.82) is 0 Å². The lowest BCUT2D eigenvalue weighted by molar-refractivity contribution is 0.483. The summed E-state index contributed by atoms with van der Waals surface area (Å²) in [4.78, 5) is 28.9. The summed E-state index contributed by atoms with van der Waals surface area (Å²) in [5.41, 5.74) is 5.43. The van der Waals surface area contributed by atoms with Crippen molar-refractivity contribution in [2.45, 2.75) is 0 Å². The molecule has 7 heteroatoms. The van der Waals surface area contributed by atoms with Crippen molar-refractivity contribution in [1.82, 2.24) is 29.9 Å². The van der Waals surface area contributed by atoms with Crippen molar-refractivity contribution >= 4 is 0 Å². The molecule has 0 N–H and O–H groups in total. The summed E-state index contributed by atoms with van der Waals surface area (Å²) in [6, 6.07) is 55.3. The molecule has 0 unspecified atom stereocenters. The lowest BCUT2D eigenvalue weighted by Gasteiger charge is -2.10. The molecule has 0 aliphatic heterocycles. The van der Waals surface area contributed by atoms with E-state index in [1.54, 1.807) is 0 Å². The first-order chi connectivity index (χ1) is 24.2. The van der Waals surface area contributed by atoms with E-state index < -0.39 is 0 Å². The van der Waals surface area contributed by atoms with Crippen LogP contribution in [0.3, 0.4) is 0 Å². The Morgan fingerprint density at radius 3 is 0.653 bits per heavy atom. The fourth-order valence-electron chi connectivity index (χ4n) is 5.36. The monoisotopic (exact) mass is 632 g/mol. The molecule has 0 fully saturated rings. The van der Waals surface area contributed by atoms with Gasteiger partial charge >= 0.3 is 0 Å². The normalized spacial score (nSPS) is 10.9. The van der Waals surface area contributed by atoms with E-state index in [1.165, 1.54) is 0 Å². The Morgan fingerprint density at radius 1 is 0.224 bits per heavy atom. The van der Waals surface area contributed by atoms with E-state index in [0.29, 0.717) is 46.4 Å². The molecule has 0 aliphatic rings. The van der Waals surface area contributed by atoms with Crippen LogP contribution >= 0.6 is 0 Å². The highest BCUT2D eigenvalue weighted by molar-refractivity contribution is 5.68. The average molecular weight is 633 g/mol. The minimum absolute atomic E-state index is 0.589. The zero-order valence-electron chi connectivity index (χ0n) is 26.3. The van der Waals surface area contributed by atoms with Crippen molar-refractivity contribution in [2.24, 2.45) is 0 Å². The first-order valence-corrected chi connectivity index (χ1v) is 15.9. The zero-order chi connectivity index (χ0) is 32.8. The van der Waals surface area contributed by atoms with Crippen LogP contribution in [-0.2, 0) is 0 Å². The van der Waals surface area contributed by atoms with E-state index >= 15 is 0 Å². The maximum atomic E-state index is 6.23. The van der Waals surface area contributed by atoms with Gasteiger partial charge in [-0.15, -0.1) is 0 Å². The average Bonchev–Trinajstić information content (AvgIpc) is 3.19. The third-order valence-corrected chi connectivity index (χ3v) is 7.86. The third kappa shape index (κ3) is 6.68. The van der Waals surface area contributed by atoms with Crippen LogP contribution in [0.15, 0.2) is 170 Å². The topological polar surface area (TPSA) is 86.6 Å². The SMILES string of the molecule is c1ccc(-c2nc(-c3ccccc3)nc(-c3ccc(Oc4ccc(-c5nc(-c6ccccc6)nc(-c6ccccc6)n5)cc4)cc3)n2)cc1. The molecule has 2 heterocycles. The van der Waals surface area contributed by atoms with E-state index in [2.05, 4.69) is 0 Å². The van der Waals surface area contributed by atoms with Gasteiger partial charge in [-0.1, -0.05) is 121 Å². The van der Waals surface area contributed by atoms with E-state index in [0.717, 1.165) is 33.4 Å². The van der Waals surface area contributed by atoms with Gasteiger partial charge in [0.1, 0.15) is 11.5 Å². The highest BCUT2D eigenvalue weighted by atomic mass is 16.5. The largest absolute Gasteiger partial charge is 0.457 e. The molecule has 0 bridgehead atoms. The van der Waals surface area contributed by atoms with Crippen molar-refractivity contribution < 1.29 is 4.74 Å². The van der Waals surface area contributed by atoms with E-state index in [9.17, 15) is 0 Å². The number of hydrogen-bond donors (Lipinski definition) is 0. The van der Waals surface area contributed by atoms with Gasteiger partial charge < -0.3 is 4.74 Å². The van der Waals surface area contributed by atoms with Crippen molar-refractivity contribution in [3.63, 3.8) is 0 Å². The number of benzene rings is 6. The Balaban J connectivity index is 1.06. The molecule has 6 aromatic carbocycles. The molecular formula is C42H28N6O. The highest BCUT2D eigenvalue weighted by Crippen LogP contribution is 2.30. The Kier molecular flexibility index (Phi) is 8.12. The van der Waals surface area contributed by atoms with Crippen molar-refractivity contribution in [3.05, 3.63) is 170 Å². The van der Waals surface area contributed by atoms with Gasteiger partial charge in [0.25, 0.3) is 0 Å². The number of aromatic nitrogens is 6. The van der Waals surface area contributed by atoms with Crippen LogP contribution < -0.4 is 4.74 Å². The first kappa shape index (κ1) is 29.5. The van der Waals surface area contributed by atoms with Gasteiger partial charge in [-0.05, 0) is 48.5 Å². The lowest BCUT2D eigenvalue weighted by Crippen LogP contribution is -2.00. The van der Waals surface area contributed by atoms with Crippen LogP contribution in [0.2, 0.25) is 0 Å². The van der Waals surface area contributed by atoms with Crippen LogP contribution in [0, 0.1) is 0 Å². The Hall–Kier alpha value is -6.86. The zero-order valence-corrected chi connectivity index (χ0v) is 26.3. The summed E-state index contributed by atoms with van der Waals surface area (Å²) in [7, 11) is 0. The molecule has 0 saturated heterocycles. The quantitative estimate of drug-likeness (QED) is 0.165.